The standard InChI is InChI=1S/C11H13NO4/c1-7(13)8-3-2-4-9(5-8)16-6-10(12)11(14)15/h2-5,10H,6,12H2,1H3,(H,14,15). The third-order valence-electron chi connectivity index (χ3n) is 1.99. The fourth-order valence-corrected chi connectivity index (χ4v) is 1.06. The number of ether oxygens (including phenoxy) is 1. The van der Waals surface area contributed by atoms with Crippen molar-refractivity contribution in [3.63, 3.8) is 0 Å². The Bertz CT molecular complexity index is 403. The number of rotatable bonds is 5. The monoisotopic (exact) mass is 223 g/mol. The average molecular weight is 223 g/mol. The molecule has 0 heterocycles. The Labute approximate surface area is 92.8 Å². The lowest BCUT2D eigenvalue weighted by Crippen LogP contribution is -2.36. The second-order valence-corrected chi connectivity index (χ2v) is 3.34. The summed E-state index contributed by atoms with van der Waals surface area (Å²) in [4.78, 5) is 21.5. The molecule has 0 spiro atoms. The highest BCUT2D eigenvalue weighted by Gasteiger charge is 2.12. The molecule has 1 atom stereocenters. The molecule has 1 unspecified atom stereocenters. The molecule has 3 N–H and O–H groups in total. The summed E-state index contributed by atoms with van der Waals surface area (Å²) in [7, 11) is 0. The topological polar surface area (TPSA) is 89.6 Å². The molecule has 0 saturated heterocycles. The van der Waals surface area contributed by atoms with Crippen LogP contribution in [-0.2, 0) is 4.79 Å². The van der Waals surface area contributed by atoms with Gasteiger partial charge in [0.25, 0.3) is 0 Å². The van der Waals surface area contributed by atoms with Crippen LogP contribution in [0.1, 0.15) is 17.3 Å². The molecule has 5 heteroatoms. The van der Waals surface area contributed by atoms with Gasteiger partial charge in [-0.25, -0.2) is 0 Å². The Hall–Kier alpha value is -1.88. The highest BCUT2D eigenvalue weighted by atomic mass is 16.5. The lowest BCUT2D eigenvalue weighted by atomic mass is 10.1. The minimum absolute atomic E-state index is 0.0759. The van der Waals surface area contributed by atoms with E-state index < -0.39 is 12.0 Å². The molecule has 0 aliphatic heterocycles. The van der Waals surface area contributed by atoms with E-state index in [1.807, 2.05) is 0 Å². The molecule has 16 heavy (non-hydrogen) atoms. The van der Waals surface area contributed by atoms with E-state index in [0.717, 1.165) is 0 Å². The van der Waals surface area contributed by atoms with Crippen molar-refractivity contribution in [1.29, 1.82) is 0 Å². The average Bonchev–Trinajstić information content (AvgIpc) is 2.26. The van der Waals surface area contributed by atoms with Crippen molar-refractivity contribution in [3.05, 3.63) is 29.8 Å². The van der Waals surface area contributed by atoms with Crippen molar-refractivity contribution in [3.8, 4) is 5.75 Å². The number of benzene rings is 1. The van der Waals surface area contributed by atoms with Crippen LogP contribution >= 0.6 is 0 Å². The summed E-state index contributed by atoms with van der Waals surface area (Å²) in [6, 6.07) is 5.45. The summed E-state index contributed by atoms with van der Waals surface area (Å²) in [5.41, 5.74) is 5.79. The first-order chi connectivity index (χ1) is 7.50. The second kappa shape index (κ2) is 5.27. The van der Waals surface area contributed by atoms with Gasteiger partial charge in [-0.1, -0.05) is 12.1 Å². The number of hydrogen-bond acceptors (Lipinski definition) is 4. The van der Waals surface area contributed by atoms with Gasteiger partial charge in [0.1, 0.15) is 18.4 Å². The smallest absolute Gasteiger partial charge is 0.324 e. The lowest BCUT2D eigenvalue weighted by molar-refractivity contribution is -0.139. The molecule has 86 valence electrons. The molecular weight excluding hydrogens is 210 g/mol. The maximum absolute atomic E-state index is 11.1. The largest absolute Gasteiger partial charge is 0.491 e. The Morgan fingerprint density at radius 3 is 2.75 bits per heavy atom. The van der Waals surface area contributed by atoms with E-state index in [2.05, 4.69) is 0 Å². The molecule has 0 bridgehead atoms. The molecule has 1 aromatic rings. The van der Waals surface area contributed by atoms with Gasteiger partial charge < -0.3 is 15.6 Å². The van der Waals surface area contributed by atoms with Crippen LogP contribution in [0.2, 0.25) is 0 Å². The molecule has 0 radical (unpaired) electrons. The Balaban J connectivity index is 2.64. The fraction of sp³-hybridized carbons (Fsp3) is 0.273. The van der Waals surface area contributed by atoms with E-state index in [1.165, 1.54) is 6.92 Å². The van der Waals surface area contributed by atoms with Crippen molar-refractivity contribution in [2.24, 2.45) is 5.73 Å². The second-order valence-electron chi connectivity index (χ2n) is 3.34. The van der Waals surface area contributed by atoms with Gasteiger partial charge in [-0.2, -0.15) is 0 Å². The maximum atomic E-state index is 11.1. The number of nitrogens with two attached hydrogens (primary N) is 1. The Morgan fingerprint density at radius 1 is 1.50 bits per heavy atom. The van der Waals surface area contributed by atoms with Gasteiger partial charge in [0.15, 0.2) is 5.78 Å². The molecule has 0 fully saturated rings. The van der Waals surface area contributed by atoms with E-state index in [4.69, 9.17) is 15.6 Å². The van der Waals surface area contributed by atoms with Gasteiger partial charge >= 0.3 is 5.97 Å². The molecule has 0 aliphatic rings. The zero-order valence-electron chi connectivity index (χ0n) is 8.84. The first-order valence-electron chi connectivity index (χ1n) is 4.73. The van der Waals surface area contributed by atoms with Gasteiger partial charge in [0.05, 0.1) is 0 Å². The predicted molar refractivity (Wildman–Crippen MR) is 57.6 cm³/mol. The third kappa shape index (κ3) is 3.36. The van der Waals surface area contributed by atoms with Crippen molar-refractivity contribution in [1.82, 2.24) is 0 Å². The summed E-state index contributed by atoms with van der Waals surface area (Å²) in [6.45, 7) is 1.32. The molecule has 0 amide bonds. The van der Waals surface area contributed by atoms with Crippen LogP contribution in [0.25, 0.3) is 0 Å². The molecule has 0 saturated carbocycles. The summed E-state index contributed by atoms with van der Waals surface area (Å²) < 4.78 is 5.16. The van der Waals surface area contributed by atoms with E-state index in [-0.39, 0.29) is 12.4 Å². The van der Waals surface area contributed by atoms with Gasteiger partial charge in [-0.05, 0) is 19.1 Å². The zero-order valence-corrected chi connectivity index (χ0v) is 8.84. The van der Waals surface area contributed by atoms with E-state index >= 15 is 0 Å². The minimum atomic E-state index is -1.12. The number of aliphatic carboxylic acids is 1. The van der Waals surface area contributed by atoms with Gasteiger partial charge in [0, 0.05) is 5.56 Å². The van der Waals surface area contributed by atoms with Gasteiger partial charge in [-0.15, -0.1) is 0 Å². The number of carboxylic acid groups (broad SMARTS) is 1. The molecule has 1 rings (SSSR count). The fourth-order valence-electron chi connectivity index (χ4n) is 1.06. The van der Waals surface area contributed by atoms with E-state index in [1.54, 1.807) is 24.3 Å². The first kappa shape index (κ1) is 12.2. The van der Waals surface area contributed by atoms with Crippen LogP contribution in [-0.4, -0.2) is 29.5 Å². The van der Waals surface area contributed by atoms with Crippen LogP contribution in [0, 0.1) is 0 Å². The molecule has 0 aromatic heterocycles. The molecule has 1 aromatic carbocycles. The van der Waals surface area contributed by atoms with Crippen molar-refractivity contribution in [2.45, 2.75) is 13.0 Å². The number of Topliss-reactive ketones (excluding diaryl/α,β-unsaturated/α-hetero) is 1. The molecule has 0 aliphatic carbocycles. The number of carboxylic acids is 1. The Kier molecular flexibility index (Phi) is 4.02. The molecular formula is C11H13NO4. The minimum Gasteiger partial charge on any atom is -0.491 e. The predicted octanol–water partition coefficient (Wildman–Crippen LogP) is 0.680. The SMILES string of the molecule is CC(=O)c1cccc(OCC(N)C(=O)O)c1. The summed E-state index contributed by atoms with van der Waals surface area (Å²) in [5, 5.41) is 8.54. The van der Waals surface area contributed by atoms with Crippen LogP contribution in [0.15, 0.2) is 24.3 Å². The third-order valence-corrected chi connectivity index (χ3v) is 1.99. The van der Waals surface area contributed by atoms with Gasteiger partial charge in [-0.3, -0.25) is 9.59 Å². The van der Waals surface area contributed by atoms with Crippen LogP contribution in [0.4, 0.5) is 0 Å². The van der Waals surface area contributed by atoms with Crippen LogP contribution < -0.4 is 10.5 Å². The normalized spacial score (nSPS) is 11.9. The number of ketones is 1. The van der Waals surface area contributed by atoms with E-state index in [0.29, 0.717) is 11.3 Å². The summed E-state index contributed by atoms with van der Waals surface area (Å²) >= 11 is 0. The first-order valence-corrected chi connectivity index (χ1v) is 4.73. The molecule has 5 nitrogen and oxygen atoms in total. The van der Waals surface area contributed by atoms with E-state index in [9.17, 15) is 9.59 Å². The van der Waals surface area contributed by atoms with Crippen LogP contribution in [0.5, 0.6) is 5.75 Å². The van der Waals surface area contributed by atoms with Crippen molar-refractivity contribution in [2.75, 3.05) is 6.61 Å². The number of carbonyl (C=O) groups excluding carboxylic acids is 1. The highest BCUT2D eigenvalue weighted by molar-refractivity contribution is 5.94. The summed E-state index contributed by atoms with van der Waals surface area (Å²) in [6.07, 6.45) is 0. The zero-order chi connectivity index (χ0) is 12.1. The number of hydrogen-bond donors (Lipinski definition) is 2. The lowest BCUT2D eigenvalue weighted by Gasteiger charge is -2.09. The quantitative estimate of drug-likeness (QED) is 0.716. The summed E-state index contributed by atoms with van der Waals surface area (Å²) in [5.74, 6) is -0.764. The Morgan fingerprint density at radius 2 is 2.19 bits per heavy atom. The van der Waals surface area contributed by atoms with Crippen LogP contribution in [0.3, 0.4) is 0 Å². The van der Waals surface area contributed by atoms with Crippen molar-refractivity contribution >= 4 is 11.8 Å². The number of carbonyl (C=O) groups is 2. The highest BCUT2D eigenvalue weighted by Crippen LogP contribution is 2.13. The maximum Gasteiger partial charge on any atom is 0.324 e. The van der Waals surface area contributed by atoms with Crippen molar-refractivity contribution < 1.29 is 19.4 Å². The van der Waals surface area contributed by atoms with Gasteiger partial charge in [0.2, 0.25) is 0 Å².